The first-order valence-corrected chi connectivity index (χ1v) is 34.7. The first kappa shape index (κ1) is 63.9. The molecule has 5 bridgehead atoms. The van der Waals surface area contributed by atoms with Gasteiger partial charge in [-0.05, 0) is 182 Å². The molecule has 0 amide bonds. The van der Waals surface area contributed by atoms with E-state index in [0.717, 1.165) is 83.6 Å². The number of guanidine groups is 1. The highest BCUT2D eigenvalue weighted by atomic mass is 33.1. The molecule has 2 saturated heterocycles. The third-order valence-corrected chi connectivity index (χ3v) is 25.5. The minimum atomic E-state index is -2.52. The lowest BCUT2D eigenvalue weighted by molar-refractivity contribution is -0.424. The van der Waals surface area contributed by atoms with E-state index in [1.165, 1.54) is 5.56 Å². The van der Waals surface area contributed by atoms with Crippen molar-refractivity contribution >= 4 is 44.5 Å². The van der Waals surface area contributed by atoms with Crippen molar-refractivity contribution in [1.82, 2.24) is 16.0 Å². The third-order valence-electron chi connectivity index (χ3n) is 22.1. The predicted octanol–water partition coefficient (Wildman–Crippen LogP) is 6.85. The number of fused-ring (bicyclic) bond motifs is 11. The van der Waals surface area contributed by atoms with E-state index in [1.807, 2.05) is 42.1 Å². The Morgan fingerprint density at radius 3 is 2.53 bits per heavy atom. The lowest BCUT2D eigenvalue weighted by Crippen LogP contribution is -2.86. The standard InChI is InChI=1S/C66H97N5O13S2/c1-4-80-53(75)18-15-44-35-45-24-33-81-55(45)57-56(44)83-59-66(79)54-46(14-16-49(73)48(54)39-72)37-64(78,58(66)76)65(84-59)40-85-86-63(51(69-32-34-82-57)17-13-41(2)9-8-12-52(65)74)30-29-61(25-19-43(36-61)38-68-3)50(63)22-28-62(77)26-20-47(21-27-62)71-60(67)70-31-23-42-10-6-5-7-11-42/h5-7,10-11,14,16,24,33,35,41,43,46-52,54,58-59,68-69,72-74,76-79H,4,8-9,12-13,15,17-23,25-32,34,36-40H2,1-3H3,(H3,67,70,71)/t41-,43+,46+,47?,48-,49+,50-,51+,52-,54+,58+,59-,61+,62?,63+,64+,65-,66-/m1/s1. The quantitative estimate of drug-likeness (QED) is 0.0259. The molecule has 6 fully saturated rings. The summed E-state index contributed by atoms with van der Waals surface area (Å²) in [5, 5.41) is 101. The summed E-state index contributed by atoms with van der Waals surface area (Å²) in [5.41, 5.74) is 0.809. The van der Waals surface area contributed by atoms with Crippen molar-refractivity contribution in [2.45, 2.75) is 206 Å². The summed E-state index contributed by atoms with van der Waals surface area (Å²) in [7, 11) is 5.40. The number of hydrogen-bond donors (Lipinski definition) is 11. The van der Waals surface area contributed by atoms with Gasteiger partial charge in [-0.2, -0.15) is 0 Å². The highest BCUT2D eigenvalue weighted by Crippen LogP contribution is 2.69. The van der Waals surface area contributed by atoms with E-state index in [1.54, 1.807) is 42.2 Å². The molecule has 0 radical (unpaired) electrons. The van der Waals surface area contributed by atoms with Gasteiger partial charge >= 0.3 is 5.97 Å². The Morgan fingerprint density at radius 1 is 0.942 bits per heavy atom. The Labute approximate surface area is 515 Å². The molecule has 11 rings (SSSR count). The van der Waals surface area contributed by atoms with Gasteiger partial charge in [-0.15, -0.1) is 0 Å². The molecule has 12 N–H and O–H groups in total. The van der Waals surface area contributed by atoms with E-state index in [4.69, 9.17) is 29.1 Å². The molecule has 18 nitrogen and oxygen atoms in total. The van der Waals surface area contributed by atoms with Crippen LogP contribution < -0.4 is 31.2 Å². The van der Waals surface area contributed by atoms with E-state index in [2.05, 4.69) is 40.0 Å². The average molecular weight is 1230 g/mol. The molecule has 476 valence electrons. The van der Waals surface area contributed by atoms with E-state index >= 15 is 0 Å². The lowest BCUT2D eigenvalue weighted by Gasteiger charge is -2.67. The van der Waals surface area contributed by atoms with Crippen LogP contribution in [-0.2, 0) is 27.1 Å². The molecule has 1 aromatic heterocycles. The normalized spacial score (nSPS) is 40.2. The third kappa shape index (κ3) is 12.2. The first-order valence-electron chi connectivity index (χ1n) is 32.4. The van der Waals surface area contributed by atoms with Crippen LogP contribution in [0.15, 0.2) is 70.3 Å². The summed E-state index contributed by atoms with van der Waals surface area (Å²) < 4.78 is 32.7. The number of carbonyl (C=O) groups is 1. The van der Waals surface area contributed by atoms with E-state index in [-0.39, 0.29) is 85.5 Å². The highest BCUT2D eigenvalue weighted by Gasteiger charge is 2.78. The number of esters is 1. The van der Waals surface area contributed by atoms with E-state index in [0.29, 0.717) is 67.2 Å². The second kappa shape index (κ2) is 26.7. The summed E-state index contributed by atoms with van der Waals surface area (Å²) in [6.07, 6.45) is 11.8. The number of aryl methyl sites for hydroxylation is 1. The smallest absolute Gasteiger partial charge is 0.306 e. The van der Waals surface area contributed by atoms with E-state index < -0.39 is 82.1 Å². The zero-order valence-corrected chi connectivity index (χ0v) is 52.3. The fraction of sp³-hybridized carbons (Fsp3) is 0.727. The van der Waals surface area contributed by atoms with Crippen LogP contribution in [0, 0.1) is 40.9 Å². The van der Waals surface area contributed by atoms with Crippen molar-refractivity contribution in [3.05, 3.63) is 72.0 Å². The fourth-order valence-electron chi connectivity index (χ4n) is 17.6. The Bertz CT molecular complexity index is 2840. The molecular formula is C66H97N5O13S2. The van der Waals surface area contributed by atoms with Gasteiger partial charge in [0.15, 0.2) is 22.9 Å². The number of aliphatic hydroxyl groups excluding tert-OH is 4. The SMILES string of the molecule is CCOC(=O)CCc1cc2ccoc2c2c1O[C@@H]1O[C@@]3(CSS[C@]4(CC[C@]5(CC[C@H](CNC)C5)[C@H]4CCC4(O)CCC(NC(N)=NCCc5ccccc5)CC4)[C@H](CC[C@H](C)CCC[C@H]3O)NCCO2)[C@]2(O)C[C@@H]3C=C[C@H](O)[C@@H](CO)[C@H]3[C@@]1(O)[C@H]2O. The number of carbonyl (C=O) groups excluding carboxylic acids is 1. The number of aliphatic hydroxyl groups is 7. The van der Waals surface area contributed by atoms with Crippen LogP contribution in [0.1, 0.15) is 141 Å². The van der Waals surface area contributed by atoms with Gasteiger partial charge in [0.25, 0.3) is 0 Å². The van der Waals surface area contributed by atoms with Crippen LogP contribution in [0.2, 0.25) is 0 Å². The molecule has 86 heavy (non-hydrogen) atoms. The van der Waals surface area contributed by atoms with Crippen molar-refractivity contribution < 1.29 is 63.9 Å². The number of rotatable bonds is 14. The Morgan fingerprint density at radius 2 is 1.76 bits per heavy atom. The van der Waals surface area contributed by atoms with Gasteiger partial charge in [0.1, 0.15) is 23.9 Å². The lowest BCUT2D eigenvalue weighted by atomic mass is 9.50. The molecule has 3 spiro atoms. The number of nitrogens with zero attached hydrogens (tertiary/aromatic N) is 1. The predicted molar refractivity (Wildman–Crippen MR) is 334 cm³/mol. The summed E-state index contributed by atoms with van der Waals surface area (Å²) in [6, 6.07) is 14.0. The number of allylic oxidation sites excluding steroid dienone is 1. The topological polar surface area (TPSA) is 283 Å². The minimum absolute atomic E-state index is 0.0189. The molecular weight excluding hydrogens is 1130 g/mol. The minimum Gasteiger partial charge on any atom is -0.485 e. The van der Waals surface area contributed by atoms with Crippen LogP contribution in [0.5, 0.6) is 11.5 Å². The van der Waals surface area contributed by atoms with Crippen molar-refractivity contribution in [3.8, 4) is 11.5 Å². The van der Waals surface area contributed by atoms with Gasteiger partial charge in [0.05, 0.1) is 30.7 Å². The molecule has 3 aliphatic heterocycles. The molecule has 5 aliphatic carbocycles. The molecule has 8 aliphatic rings. The average Bonchev–Trinajstić information content (AvgIpc) is 1.09. The zero-order valence-electron chi connectivity index (χ0n) is 50.7. The monoisotopic (exact) mass is 1230 g/mol. The van der Waals surface area contributed by atoms with Gasteiger partial charge in [-0.25, -0.2) is 0 Å². The number of nitrogens with one attached hydrogen (secondary N) is 3. The Balaban J connectivity index is 0.992. The number of hydrogen-bond acceptors (Lipinski definition) is 18. The molecule has 4 saturated carbocycles. The van der Waals surface area contributed by atoms with Crippen molar-refractivity contribution in [1.29, 1.82) is 0 Å². The maximum atomic E-state index is 13.9. The molecule has 4 heterocycles. The first-order chi connectivity index (χ1) is 41.4. The molecule has 3 aromatic rings. The number of furan rings is 1. The van der Waals surface area contributed by atoms with Crippen LogP contribution in [-0.4, -0.2) is 164 Å². The number of nitrogens with two attached hydrogens (primary N) is 1. The summed E-state index contributed by atoms with van der Waals surface area (Å²) >= 11 is 0. The molecule has 0 unspecified atom stereocenters. The van der Waals surface area contributed by atoms with Crippen molar-refractivity contribution in [2.24, 2.45) is 51.6 Å². The summed E-state index contributed by atoms with van der Waals surface area (Å²) in [4.78, 5) is 17.8. The largest absolute Gasteiger partial charge is 0.485 e. The van der Waals surface area contributed by atoms with Crippen LogP contribution >= 0.6 is 21.6 Å². The number of aliphatic imine (C=N–C) groups is 1. The fourth-order valence-corrected chi connectivity index (χ4v) is 21.9. The Hall–Kier alpha value is -3.64. The van der Waals surface area contributed by atoms with E-state index in [9.17, 15) is 40.5 Å². The summed E-state index contributed by atoms with van der Waals surface area (Å²) in [5.74, 6) is -1.69. The maximum Gasteiger partial charge on any atom is 0.306 e. The highest BCUT2D eigenvalue weighted by molar-refractivity contribution is 8.77. The van der Waals surface area contributed by atoms with Crippen molar-refractivity contribution in [3.63, 3.8) is 0 Å². The van der Waals surface area contributed by atoms with Crippen LogP contribution in [0.3, 0.4) is 0 Å². The Kier molecular flexibility index (Phi) is 19.8. The zero-order chi connectivity index (χ0) is 60.5. The molecule has 2 aromatic carbocycles. The van der Waals surface area contributed by atoms with Gasteiger partial charge in [-0.1, -0.05) is 83.8 Å². The maximum absolute atomic E-state index is 13.9. The van der Waals surface area contributed by atoms with Gasteiger partial charge in [0.2, 0.25) is 12.0 Å². The van der Waals surface area contributed by atoms with Gasteiger partial charge < -0.3 is 80.8 Å². The molecule has 20 heteroatoms. The summed E-state index contributed by atoms with van der Waals surface area (Å²) in [6.45, 7) is 5.74. The second-order valence-corrected chi connectivity index (χ2v) is 29.8. The van der Waals surface area contributed by atoms with Crippen LogP contribution in [0.25, 0.3) is 11.0 Å². The van der Waals surface area contributed by atoms with Gasteiger partial charge in [0, 0.05) is 65.9 Å². The second-order valence-electron chi connectivity index (χ2n) is 27.2. The van der Waals surface area contributed by atoms with Gasteiger partial charge in [-0.3, -0.25) is 9.79 Å². The van der Waals surface area contributed by atoms with Crippen molar-refractivity contribution in [2.75, 3.05) is 52.3 Å². The van der Waals surface area contributed by atoms with Crippen LogP contribution in [0.4, 0.5) is 0 Å². The number of ether oxygens (including phenoxy) is 4. The molecule has 16 atom stereocenters. The number of benzene rings is 2.